The third-order valence-electron chi connectivity index (χ3n) is 6.48. The van der Waals surface area contributed by atoms with Crippen LogP contribution in [0.1, 0.15) is 43.4 Å². The molecule has 3 N–H and O–H groups in total. The topological polar surface area (TPSA) is 107 Å². The summed E-state index contributed by atoms with van der Waals surface area (Å²) in [6, 6.07) is 14.8. The Kier molecular flexibility index (Phi) is 8.52. The number of benzene rings is 2. The molecular weight excluding hydrogens is 452 g/mol. The number of nitrogens with one attached hydrogen (secondary N) is 1. The van der Waals surface area contributed by atoms with Gasteiger partial charge in [0.05, 0.1) is 11.0 Å². The molecule has 3 rings (SSSR count). The quantitative estimate of drug-likeness (QED) is 0.424. The molecule has 186 valence electrons. The average Bonchev–Trinajstić information content (AvgIpc) is 3.18. The number of nitrogens with zero attached hydrogens (tertiary/aromatic N) is 1. The van der Waals surface area contributed by atoms with Gasteiger partial charge >= 0.3 is 5.97 Å². The molecule has 0 spiro atoms. The molecule has 0 saturated carbocycles. The minimum absolute atomic E-state index is 0.00474. The Morgan fingerprint density at radius 1 is 1.12 bits per heavy atom. The first-order valence-corrected chi connectivity index (χ1v) is 13.2. The van der Waals surface area contributed by atoms with Gasteiger partial charge in [-0.15, -0.1) is 0 Å². The van der Waals surface area contributed by atoms with Crippen LogP contribution >= 0.6 is 0 Å². The molecule has 0 aromatic heterocycles. The Labute approximate surface area is 202 Å². The molecule has 0 amide bonds. The largest absolute Gasteiger partial charge is 0.481 e. The second kappa shape index (κ2) is 11.0. The molecule has 0 heterocycles. The highest BCUT2D eigenvalue weighted by molar-refractivity contribution is 7.89. The molecule has 2 aromatic carbocycles. The van der Waals surface area contributed by atoms with Crippen LogP contribution in [-0.2, 0) is 34.1 Å². The number of hydrogen-bond donors (Lipinski definition) is 3. The van der Waals surface area contributed by atoms with Gasteiger partial charge in [-0.1, -0.05) is 36.4 Å². The van der Waals surface area contributed by atoms with Crippen LogP contribution in [0.5, 0.6) is 0 Å². The van der Waals surface area contributed by atoms with Crippen molar-refractivity contribution in [1.29, 1.82) is 0 Å². The second-order valence-electron chi connectivity index (χ2n) is 9.99. The minimum Gasteiger partial charge on any atom is -0.481 e. The number of carbonyl (C=O) groups is 1. The molecule has 1 aliphatic carbocycles. The van der Waals surface area contributed by atoms with Gasteiger partial charge in [0.1, 0.15) is 0 Å². The van der Waals surface area contributed by atoms with E-state index in [0.717, 1.165) is 29.1 Å². The van der Waals surface area contributed by atoms with Crippen molar-refractivity contribution >= 4 is 16.0 Å². The number of sulfonamides is 1. The Morgan fingerprint density at radius 3 is 2.26 bits per heavy atom. The van der Waals surface area contributed by atoms with Gasteiger partial charge in [0.25, 0.3) is 0 Å². The Hall–Kier alpha value is -2.26. The standard InChI is InChI=1S/C26H36N2O5S/c1-26(2,16-20-14-21-6-4-5-7-22(21)15-20)27-17-23(29)18-28(3)34(32,33)24-11-8-19(9-12-24)10-13-25(30)31/h4-9,11-12,20,23,27,29H,10,13-18H2,1-3H3,(H,30,31)/t23-/m1/s1. The molecule has 1 atom stereocenters. The summed E-state index contributed by atoms with van der Waals surface area (Å²) in [4.78, 5) is 10.8. The Balaban J connectivity index is 1.48. The number of aliphatic hydroxyl groups excluding tert-OH is 1. The summed E-state index contributed by atoms with van der Waals surface area (Å²) in [7, 11) is -2.30. The minimum atomic E-state index is -3.76. The lowest BCUT2D eigenvalue weighted by molar-refractivity contribution is -0.136. The lowest BCUT2D eigenvalue weighted by Gasteiger charge is -2.31. The zero-order valence-electron chi connectivity index (χ0n) is 20.2. The van der Waals surface area contributed by atoms with Crippen molar-refractivity contribution < 1.29 is 23.4 Å². The summed E-state index contributed by atoms with van der Waals surface area (Å²) in [5.41, 5.74) is 3.42. The highest BCUT2D eigenvalue weighted by Crippen LogP contribution is 2.31. The van der Waals surface area contributed by atoms with Gasteiger partial charge in [-0.05, 0) is 74.3 Å². The van der Waals surface area contributed by atoms with Crippen molar-refractivity contribution in [3.63, 3.8) is 0 Å². The molecule has 0 aliphatic heterocycles. The first-order valence-electron chi connectivity index (χ1n) is 11.7. The van der Waals surface area contributed by atoms with E-state index in [9.17, 15) is 18.3 Å². The summed E-state index contributed by atoms with van der Waals surface area (Å²) < 4.78 is 26.9. The van der Waals surface area contributed by atoms with E-state index in [0.29, 0.717) is 18.9 Å². The van der Waals surface area contributed by atoms with E-state index >= 15 is 0 Å². The molecule has 0 unspecified atom stereocenters. The van der Waals surface area contributed by atoms with Crippen LogP contribution in [-0.4, -0.2) is 60.7 Å². The normalized spacial score (nSPS) is 15.4. The van der Waals surface area contributed by atoms with Crippen LogP contribution in [0, 0.1) is 5.92 Å². The molecule has 34 heavy (non-hydrogen) atoms. The van der Waals surface area contributed by atoms with Crippen molar-refractivity contribution in [2.75, 3.05) is 20.1 Å². The fourth-order valence-corrected chi connectivity index (χ4v) is 5.91. The number of aliphatic hydroxyl groups is 1. The van der Waals surface area contributed by atoms with Crippen LogP contribution in [0.3, 0.4) is 0 Å². The van der Waals surface area contributed by atoms with E-state index in [4.69, 9.17) is 5.11 Å². The number of rotatable bonds is 12. The van der Waals surface area contributed by atoms with Gasteiger partial charge in [-0.2, -0.15) is 4.31 Å². The lowest BCUT2D eigenvalue weighted by Crippen LogP contribution is -2.47. The number of carboxylic acid groups (broad SMARTS) is 1. The fraction of sp³-hybridized carbons (Fsp3) is 0.500. The van der Waals surface area contributed by atoms with Gasteiger partial charge in [-0.25, -0.2) is 8.42 Å². The maximum absolute atomic E-state index is 12.9. The number of β-amino-alcohol motifs (C(OH)–C–C–N with tert-alkyl or cyclic N) is 1. The molecule has 0 fully saturated rings. The highest BCUT2D eigenvalue weighted by atomic mass is 32.2. The van der Waals surface area contributed by atoms with Crippen LogP contribution in [0.15, 0.2) is 53.4 Å². The van der Waals surface area contributed by atoms with Crippen molar-refractivity contribution in [1.82, 2.24) is 9.62 Å². The fourth-order valence-electron chi connectivity index (χ4n) is 4.70. The summed E-state index contributed by atoms with van der Waals surface area (Å²) in [5, 5.41) is 22.7. The molecule has 1 aliphatic rings. The van der Waals surface area contributed by atoms with Gasteiger partial charge in [-0.3, -0.25) is 4.79 Å². The number of fused-ring (bicyclic) bond motifs is 1. The van der Waals surface area contributed by atoms with E-state index in [1.165, 1.54) is 30.3 Å². The lowest BCUT2D eigenvalue weighted by atomic mass is 9.88. The average molecular weight is 489 g/mol. The predicted molar refractivity (Wildman–Crippen MR) is 132 cm³/mol. The second-order valence-corrected chi connectivity index (χ2v) is 12.0. The van der Waals surface area contributed by atoms with Crippen LogP contribution in [0.25, 0.3) is 0 Å². The van der Waals surface area contributed by atoms with Gasteiger partial charge in [0.2, 0.25) is 10.0 Å². The molecule has 8 heteroatoms. The van der Waals surface area contributed by atoms with Gasteiger partial charge < -0.3 is 15.5 Å². The number of aliphatic carboxylic acids is 1. The molecule has 0 radical (unpaired) electrons. The number of likely N-dealkylation sites (N-methyl/N-ethyl adjacent to an activating group) is 1. The Morgan fingerprint density at radius 2 is 1.71 bits per heavy atom. The summed E-state index contributed by atoms with van der Waals surface area (Å²) in [6.45, 7) is 4.51. The number of carboxylic acids is 1. The molecule has 0 saturated heterocycles. The Bertz CT molecular complexity index is 1060. The highest BCUT2D eigenvalue weighted by Gasteiger charge is 2.29. The van der Waals surface area contributed by atoms with E-state index in [1.54, 1.807) is 12.1 Å². The van der Waals surface area contributed by atoms with E-state index in [-0.39, 0.29) is 23.4 Å². The van der Waals surface area contributed by atoms with Crippen molar-refractivity contribution in [3.8, 4) is 0 Å². The van der Waals surface area contributed by atoms with Gasteiger partial charge in [0.15, 0.2) is 0 Å². The molecular formula is C26H36N2O5S. The first-order chi connectivity index (χ1) is 16.0. The van der Waals surface area contributed by atoms with Crippen molar-refractivity contribution in [2.45, 2.75) is 62.5 Å². The van der Waals surface area contributed by atoms with E-state index in [1.807, 2.05) is 0 Å². The first kappa shape index (κ1) is 26.3. The third-order valence-corrected chi connectivity index (χ3v) is 8.32. The third kappa shape index (κ3) is 7.12. The van der Waals surface area contributed by atoms with Crippen LogP contribution in [0.4, 0.5) is 0 Å². The van der Waals surface area contributed by atoms with Crippen molar-refractivity contribution in [2.24, 2.45) is 5.92 Å². The SMILES string of the molecule is CN(C[C@H](O)CNC(C)(C)CC1Cc2ccccc2C1)S(=O)(=O)c1ccc(CCC(=O)O)cc1. The van der Waals surface area contributed by atoms with Crippen LogP contribution < -0.4 is 5.32 Å². The number of hydrogen-bond acceptors (Lipinski definition) is 5. The molecule has 2 aromatic rings. The molecule has 7 nitrogen and oxygen atoms in total. The number of aryl methyl sites for hydroxylation is 1. The zero-order valence-corrected chi connectivity index (χ0v) is 21.0. The van der Waals surface area contributed by atoms with Crippen molar-refractivity contribution in [3.05, 3.63) is 65.2 Å². The van der Waals surface area contributed by atoms with E-state index < -0.39 is 22.1 Å². The zero-order chi connectivity index (χ0) is 24.9. The maximum Gasteiger partial charge on any atom is 0.303 e. The maximum atomic E-state index is 12.9. The van der Waals surface area contributed by atoms with Crippen LogP contribution in [0.2, 0.25) is 0 Å². The van der Waals surface area contributed by atoms with E-state index in [2.05, 4.69) is 43.4 Å². The molecule has 0 bridgehead atoms. The smallest absolute Gasteiger partial charge is 0.303 e. The summed E-state index contributed by atoms with van der Waals surface area (Å²) in [5.74, 6) is -0.339. The van der Waals surface area contributed by atoms with Gasteiger partial charge in [0, 0.05) is 32.1 Å². The monoisotopic (exact) mass is 488 g/mol. The predicted octanol–water partition coefficient (Wildman–Crippen LogP) is 2.86. The summed E-state index contributed by atoms with van der Waals surface area (Å²) >= 11 is 0. The summed E-state index contributed by atoms with van der Waals surface area (Å²) in [6.07, 6.45) is 2.60.